The number of hydrogen-bond acceptors (Lipinski definition) is 1. The summed E-state index contributed by atoms with van der Waals surface area (Å²) in [5, 5.41) is 9.68. The van der Waals surface area contributed by atoms with Crippen molar-refractivity contribution in [2.24, 2.45) is 0 Å². The van der Waals surface area contributed by atoms with Crippen LogP contribution >= 0.6 is 0 Å². The highest BCUT2D eigenvalue weighted by Crippen LogP contribution is 1.71. The SMILES string of the molecule is CC=CC=CC[O-]. The summed E-state index contributed by atoms with van der Waals surface area (Å²) in [7, 11) is 0. The van der Waals surface area contributed by atoms with Gasteiger partial charge in [-0.3, -0.25) is 0 Å². The molecule has 0 saturated heterocycles. The lowest BCUT2D eigenvalue weighted by Crippen LogP contribution is -1.99. The first kappa shape index (κ1) is 6.44. The first-order chi connectivity index (χ1) is 3.41. The van der Waals surface area contributed by atoms with Crippen LogP contribution in [0.15, 0.2) is 24.3 Å². The summed E-state index contributed by atoms with van der Waals surface area (Å²) < 4.78 is 0. The molecule has 0 spiro atoms. The van der Waals surface area contributed by atoms with E-state index < -0.39 is 0 Å². The highest BCUT2D eigenvalue weighted by atomic mass is 16.2. The van der Waals surface area contributed by atoms with Gasteiger partial charge in [0.1, 0.15) is 0 Å². The van der Waals surface area contributed by atoms with Gasteiger partial charge in [-0.15, -0.1) is 12.7 Å². The lowest BCUT2D eigenvalue weighted by atomic mass is 10.4. The van der Waals surface area contributed by atoms with Crippen LogP contribution in [0.2, 0.25) is 0 Å². The van der Waals surface area contributed by atoms with Crippen molar-refractivity contribution >= 4 is 0 Å². The van der Waals surface area contributed by atoms with E-state index in [2.05, 4.69) is 0 Å². The van der Waals surface area contributed by atoms with Crippen LogP contribution in [-0.4, -0.2) is 6.61 Å². The Bertz CT molecular complexity index is 72.2. The van der Waals surface area contributed by atoms with Crippen molar-refractivity contribution in [1.29, 1.82) is 0 Å². The van der Waals surface area contributed by atoms with E-state index in [1.165, 1.54) is 0 Å². The van der Waals surface area contributed by atoms with Crippen molar-refractivity contribution in [3.63, 3.8) is 0 Å². The van der Waals surface area contributed by atoms with Crippen LogP contribution < -0.4 is 5.11 Å². The van der Waals surface area contributed by atoms with Gasteiger partial charge in [-0.25, -0.2) is 0 Å². The van der Waals surface area contributed by atoms with E-state index in [1.807, 2.05) is 19.1 Å². The van der Waals surface area contributed by atoms with E-state index in [9.17, 15) is 5.11 Å². The molecule has 0 N–H and O–H groups in total. The minimum atomic E-state index is -0.121. The molecule has 0 aliphatic carbocycles. The Hall–Kier alpha value is -0.560. The Morgan fingerprint density at radius 2 is 2.14 bits per heavy atom. The average Bonchev–Trinajstić information content (AvgIpc) is 1.69. The van der Waals surface area contributed by atoms with E-state index in [0.717, 1.165) is 0 Å². The van der Waals surface area contributed by atoms with Gasteiger partial charge in [-0.05, 0) is 6.92 Å². The minimum absolute atomic E-state index is 0.121. The smallest absolute Gasteiger partial charge is 0.0467 e. The average molecular weight is 97.1 g/mol. The molecule has 0 fully saturated rings. The lowest BCUT2D eigenvalue weighted by Gasteiger charge is -1.87. The van der Waals surface area contributed by atoms with Gasteiger partial charge < -0.3 is 5.11 Å². The fourth-order valence-electron chi connectivity index (χ4n) is 0.245. The molecule has 40 valence electrons. The highest BCUT2D eigenvalue weighted by molar-refractivity contribution is 5.00. The van der Waals surface area contributed by atoms with Crippen molar-refractivity contribution in [2.45, 2.75) is 6.92 Å². The molecular weight excluding hydrogens is 88.1 g/mol. The molecule has 0 bridgehead atoms. The standard InChI is InChI=1S/C6H9O/c1-2-3-4-5-6-7/h2-5H,6H2,1H3/q-1. The van der Waals surface area contributed by atoms with Crippen molar-refractivity contribution in [3.8, 4) is 0 Å². The number of allylic oxidation sites excluding steroid dienone is 3. The molecule has 0 aromatic carbocycles. The second kappa shape index (κ2) is 5.44. The third kappa shape index (κ3) is 5.44. The zero-order valence-electron chi connectivity index (χ0n) is 4.42. The Kier molecular flexibility index (Phi) is 5.00. The Morgan fingerprint density at radius 3 is 2.57 bits per heavy atom. The molecule has 1 heteroatoms. The predicted molar refractivity (Wildman–Crippen MR) is 28.8 cm³/mol. The zero-order chi connectivity index (χ0) is 5.54. The molecular formula is C6H9O-. The molecule has 0 heterocycles. The second-order valence-corrected chi connectivity index (χ2v) is 1.12. The van der Waals surface area contributed by atoms with Crippen LogP contribution in [0.4, 0.5) is 0 Å². The molecule has 0 aliphatic rings. The van der Waals surface area contributed by atoms with E-state index >= 15 is 0 Å². The molecule has 1 nitrogen and oxygen atoms in total. The molecule has 0 radical (unpaired) electrons. The van der Waals surface area contributed by atoms with Crippen LogP contribution in [-0.2, 0) is 0 Å². The normalized spacial score (nSPS) is 11.7. The van der Waals surface area contributed by atoms with Crippen LogP contribution in [0.1, 0.15) is 6.92 Å². The van der Waals surface area contributed by atoms with Crippen molar-refractivity contribution < 1.29 is 5.11 Å². The molecule has 0 saturated carbocycles. The van der Waals surface area contributed by atoms with E-state index in [4.69, 9.17) is 0 Å². The van der Waals surface area contributed by atoms with Gasteiger partial charge in [0, 0.05) is 0 Å². The van der Waals surface area contributed by atoms with Crippen molar-refractivity contribution in [1.82, 2.24) is 0 Å². The minimum Gasteiger partial charge on any atom is -0.851 e. The third-order valence-electron chi connectivity index (χ3n) is 0.536. The third-order valence-corrected chi connectivity index (χ3v) is 0.536. The molecule has 0 unspecified atom stereocenters. The van der Waals surface area contributed by atoms with Crippen LogP contribution in [0.3, 0.4) is 0 Å². The summed E-state index contributed by atoms with van der Waals surface area (Å²) in [5.74, 6) is 0. The topological polar surface area (TPSA) is 23.1 Å². The van der Waals surface area contributed by atoms with E-state index in [0.29, 0.717) is 0 Å². The van der Waals surface area contributed by atoms with Gasteiger partial charge in [0.2, 0.25) is 0 Å². The van der Waals surface area contributed by atoms with Gasteiger partial charge in [0.25, 0.3) is 0 Å². The summed E-state index contributed by atoms with van der Waals surface area (Å²) >= 11 is 0. The second-order valence-electron chi connectivity index (χ2n) is 1.12. The van der Waals surface area contributed by atoms with E-state index in [-0.39, 0.29) is 6.61 Å². The first-order valence-electron chi connectivity index (χ1n) is 2.27. The summed E-state index contributed by atoms with van der Waals surface area (Å²) in [5.41, 5.74) is 0. The van der Waals surface area contributed by atoms with E-state index in [1.54, 1.807) is 12.2 Å². The van der Waals surface area contributed by atoms with Gasteiger partial charge >= 0.3 is 0 Å². The Labute approximate surface area is 44.0 Å². The van der Waals surface area contributed by atoms with Crippen LogP contribution in [0, 0.1) is 0 Å². The van der Waals surface area contributed by atoms with Crippen molar-refractivity contribution in [2.75, 3.05) is 6.61 Å². The number of hydrogen-bond donors (Lipinski definition) is 0. The molecule has 0 aromatic heterocycles. The Morgan fingerprint density at radius 1 is 1.43 bits per heavy atom. The quantitative estimate of drug-likeness (QED) is 0.459. The number of rotatable bonds is 2. The molecule has 0 atom stereocenters. The summed E-state index contributed by atoms with van der Waals surface area (Å²) in [6, 6.07) is 0. The molecule has 0 aromatic rings. The predicted octanol–water partition coefficient (Wildman–Crippen LogP) is 0.479. The monoisotopic (exact) mass is 97.1 g/mol. The lowest BCUT2D eigenvalue weighted by molar-refractivity contribution is -0.352. The van der Waals surface area contributed by atoms with Crippen molar-refractivity contribution in [3.05, 3.63) is 24.3 Å². The largest absolute Gasteiger partial charge is 0.851 e. The summed E-state index contributed by atoms with van der Waals surface area (Å²) in [6.07, 6.45) is 7.02. The fraction of sp³-hybridized carbons (Fsp3) is 0.333. The summed E-state index contributed by atoms with van der Waals surface area (Å²) in [4.78, 5) is 0. The maximum atomic E-state index is 9.68. The highest BCUT2D eigenvalue weighted by Gasteiger charge is 1.52. The zero-order valence-corrected chi connectivity index (χ0v) is 4.42. The molecule has 0 amide bonds. The molecule has 7 heavy (non-hydrogen) atoms. The van der Waals surface area contributed by atoms with Gasteiger partial charge in [0.15, 0.2) is 0 Å². The maximum absolute atomic E-state index is 9.68. The first-order valence-corrected chi connectivity index (χ1v) is 2.27. The van der Waals surface area contributed by atoms with Gasteiger partial charge in [-0.2, -0.15) is 0 Å². The van der Waals surface area contributed by atoms with Gasteiger partial charge in [-0.1, -0.05) is 18.2 Å². The molecule has 0 rings (SSSR count). The van der Waals surface area contributed by atoms with Crippen LogP contribution in [0.25, 0.3) is 0 Å². The molecule has 0 aliphatic heterocycles. The van der Waals surface area contributed by atoms with Gasteiger partial charge in [0.05, 0.1) is 0 Å². The maximum Gasteiger partial charge on any atom is -0.0467 e. The fourth-order valence-corrected chi connectivity index (χ4v) is 0.245. The van der Waals surface area contributed by atoms with Crippen LogP contribution in [0.5, 0.6) is 0 Å². The Balaban J connectivity index is 3.09. The summed E-state index contributed by atoms with van der Waals surface area (Å²) in [6.45, 7) is 1.79.